The number of aryl methyl sites for hydroxylation is 1. The number of H-pyrrole nitrogens is 1. The topological polar surface area (TPSA) is 525 Å². The second kappa shape index (κ2) is 43.3. The van der Waals surface area contributed by atoms with Crippen LogP contribution in [0.3, 0.4) is 0 Å². The van der Waals surface area contributed by atoms with E-state index in [0.717, 1.165) is 51.2 Å². The number of esters is 1. The number of unbranched alkanes of at least 4 members (excludes halogenated alkanes) is 2. The van der Waals surface area contributed by atoms with Gasteiger partial charge < -0.3 is 74.1 Å². The number of rotatable bonds is 38. The molecule has 44 heteroatoms. The van der Waals surface area contributed by atoms with Crippen LogP contribution in [0.15, 0.2) is 74.8 Å². The molecule has 0 saturated carbocycles. The zero-order valence-corrected chi connectivity index (χ0v) is 61.7. The fraction of sp³-hybridized carbons (Fsp3) is 0.500. The van der Waals surface area contributed by atoms with Gasteiger partial charge in [0.15, 0.2) is 5.36 Å². The predicted molar refractivity (Wildman–Crippen MR) is 368 cm³/mol. The molecule has 3 aliphatic rings. The molecule has 3 aromatic rings. The SMILES string of the molecule is CCS(=S)COC1C[C@H](n2cc(C#CCNC(=O)NCCCCCOCSSC(C)(C)CCOC(=O)CCCOCCOCCNC(=O)c3ccc(C)c(-c4c5ccc(=[NH2+])cc-5oc5cc(N)ccc45)c3)c(=O)[nH]c2=O)O[C@@H]1COP(=O)(O)OP(=O)(O)OP(=O)(O)O.O=S(=O)=O.O=S(=O)=O. The van der Waals surface area contributed by atoms with Gasteiger partial charge in [-0.05, 0) is 111 Å². The molecular weight excluding hydrogens is 1500 g/mol. The normalized spacial score (nSPS) is 15.9. The van der Waals surface area contributed by atoms with E-state index in [2.05, 4.69) is 55.2 Å². The maximum Gasteiger partial charge on any atom is 0.490 e. The van der Waals surface area contributed by atoms with Crippen LogP contribution in [0.5, 0.6) is 0 Å². The van der Waals surface area contributed by atoms with E-state index in [0.29, 0.717) is 98.4 Å². The first kappa shape index (κ1) is 86.5. The zero-order chi connectivity index (χ0) is 74.2. The molecule has 100 heavy (non-hydrogen) atoms. The average Bonchev–Trinajstić information content (AvgIpc) is 0.837. The van der Waals surface area contributed by atoms with Crippen molar-refractivity contribution in [2.24, 2.45) is 0 Å². The van der Waals surface area contributed by atoms with E-state index < -0.39 is 96.5 Å². The van der Waals surface area contributed by atoms with Gasteiger partial charge in [0.1, 0.15) is 35.2 Å². The Morgan fingerprint density at radius 3 is 2.24 bits per heavy atom. The molecule has 1 fully saturated rings. The van der Waals surface area contributed by atoms with E-state index in [1.807, 2.05) is 50.2 Å². The molecule has 1 aromatic heterocycles. The first-order valence-corrected chi connectivity index (χ1v) is 41.1. The predicted octanol–water partition coefficient (Wildman–Crippen LogP) is 2.80. The maximum absolute atomic E-state index is 13.3. The Labute approximate surface area is 590 Å². The number of carbonyl (C=O) groups is 3. The van der Waals surface area contributed by atoms with Crippen molar-refractivity contribution in [2.75, 3.05) is 89.2 Å². The number of benzene rings is 3. The highest BCUT2D eigenvalue weighted by atomic mass is 33.1. The van der Waals surface area contributed by atoms with Crippen LogP contribution < -0.4 is 43.7 Å². The molecule has 12 N–H and O–H groups in total. The lowest BCUT2D eigenvalue weighted by Gasteiger charge is -2.22. The summed E-state index contributed by atoms with van der Waals surface area (Å²) in [7, 11) is -20.6. The molecule has 2 aromatic carbocycles. The van der Waals surface area contributed by atoms with Gasteiger partial charge in [0.05, 0.1) is 57.7 Å². The molecule has 6 rings (SSSR count). The second-order valence-electron chi connectivity index (χ2n) is 21.5. The van der Waals surface area contributed by atoms with E-state index in [1.54, 1.807) is 39.8 Å². The fourth-order valence-corrected chi connectivity index (χ4v) is 14.7. The third-order valence-electron chi connectivity index (χ3n) is 13.3. The van der Waals surface area contributed by atoms with E-state index in [4.69, 9.17) is 94.7 Å². The van der Waals surface area contributed by atoms with E-state index in [9.17, 15) is 47.5 Å². The molecule has 1 saturated heterocycles. The number of hydrogen-bond donors (Lipinski definition) is 10. The Morgan fingerprint density at radius 2 is 1.54 bits per heavy atom. The average molecular weight is 1580 g/mol. The summed E-state index contributed by atoms with van der Waals surface area (Å²) in [5.74, 6) is 6.37. The summed E-state index contributed by atoms with van der Waals surface area (Å²) in [4.78, 5) is 103. The number of phosphoric ester groups is 1. The Kier molecular flexibility index (Phi) is 37.4. The minimum atomic E-state index is -5.80. The standard InChI is InChI=1S/C56H76N7O22P3S4.2O3S/c1-5-92(89)36-80-47-32-49(83-48(47)34-81-87(72,73)85-88(74,75)84-86(69,70)71)63-33-39(53(66)62-55(63)68)11-9-21-61-54(67)60-20-7-6-8-23-78-35-90-91-56(3,4)19-25-79-50(64)12-10-24-76-27-28-77-26-22-59-52(65)38-14-13-37(2)44(29-38)51-42-17-15-40(57)30-45(42)82-46-31-41(58)16-18-43(46)51;2*1-4(2)3/h13-18,29-31,33,47-49,57H,5-8,10,12,19-28,32,34-36,58H2,1-4H3,(H,59,65)(H,72,73)(H,74,75)(H2,60,61,67)(H,62,66,68)(H2,69,70,71);;/p+1/t47?,48-,49-,92?;;/m1../s1. The van der Waals surface area contributed by atoms with Crippen molar-refractivity contribution >= 4 is 121 Å². The highest BCUT2D eigenvalue weighted by Crippen LogP contribution is 2.66. The Morgan fingerprint density at radius 1 is 0.840 bits per heavy atom. The highest BCUT2D eigenvalue weighted by Gasteiger charge is 2.44. The lowest BCUT2D eigenvalue weighted by molar-refractivity contribution is -0.172. The number of hydrogen-bond acceptors (Lipinski definition) is 28. The fourth-order valence-electron chi connectivity index (χ4n) is 8.76. The lowest BCUT2D eigenvalue weighted by Crippen LogP contribution is -2.44. The van der Waals surface area contributed by atoms with Gasteiger partial charge in [0.2, 0.25) is 0 Å². The lowest BCUT2D eigenvalue weighted by atomic mass is 9.90. The number of nitrogens with one attached hydrogen (secondary N) is 4. The van der Waals surface area contributed by atoms with Crippen LogP contribution >= 0.6 is 45.1 Å². The first-order valence-electron chi connectivity index (χ1n) is 29.8. The third-order valence-corrected chi connectivity index (χ3v) is 22.2. The number of aromatic amines is 1. The van der Waals surface area contributed by atoms with Crippen LogP contribution in [0.25, 0.3) is 33.4 Å². The Bertz CT molecular complexity index is 4190. The van der Waals surface area contributed by atoms with E-state index in [-0.39, 0.29) is 60.7 Å². The number of nitrogens with zero attached hydrogens (tertiary/aromatic N) is 1. The van der Waals surface area contributed by atoms with Crippen molar-refractivity contribution in [3.63, 3.8) is 0 Å². The molecule has 3 amide bonds. The van der Waals surface area contributed by atoms with Gasteiger partial charge in [0, 0.05) is 90.0 Å². The quantitative estimate of drug-likeness (QED) is 0.00397. The van der Waals surface area contributed by atoms with Crippen LogP contribution in [0.1, 0.15) is 93.4 Å². The number of urea groups is 1. The summed E-state index contributed by atoms with van der Waals surface area (Å²) >= 11 is 5.32. The molecule has 0 bridgehead atoms. The molecular formula is C56H77N7O28P3S6+. The maximum atomic E-state index is 13.3. The minimum Gasteiger partial charge on any atom is -0.466 e. The van der Waals surface area contributed by atoms with Crippen LogP contribution in [0.4, 0.5) is 10.5 Å². The van der Waals surface area contributed by atoms with Crippen LogP contribution in [-0.2, 0) is 102 Å². The summed E-state index contributed by atoms with van der Waals surface area (Å²) in [5.41, 5.74) is 9.46. The number of fused-ring (bicyclic) bond motifs is 2. The number of amides is 3. The van der Waals surface area contributed by atoms with Gasteiger partial charge in [-0.1, -0.05) is 55.9 Å². The van der Waals surface area contributed by atoms with Gasteiger partial charge >= 0.3 is 62.4 Å². The van der Waals surface area contributed by atoms with Crippen LogP contribution in [0.2, 0.25) is 0 Å². The molecule has 2 aliphatic heterocycles. The van der Waals surface area contributed by atoms with Gasteiger partial charge in [-0.3, -0.25) is 33.9 Å². The monoisotopic (exact) mass is 1580 g/mol. The van der Waals surface area contributed by atoms with Gasteiger partial charge in [0.25, 0.3) is 11.5 Å². The molecule has 1 aliphatic carbocycles. The molecule has 35 nitrogen and oxygen atoms in total. The smallest absolute Gasteiger partial charge is 0.466 e. The number of phosphoric acid groups is 3. The van der Waals surface area contributed by atoms with Crippen molar-refractivity contribution in [1.82, 2.24) is 25.5 Å². The summed E-state index contributed by atoms with van der Waals surface area (Å²) in [6.45, 7) is 9.71. The van der Waals surface area contributed by atoms with Gasteiger partial charge in [-0.2, -0.15) is 8.62 Å². The van der Waals surface area contributed by atoms with Gasteiger partial charge in [-0.15, -0.1) is 25.3 Å². The molecule has 3 heterocycles. The first-order chi connectivity index (χ1) is 47.1. The van der Waals surface area contributed by atoms with Crippen molar-refractivity contribution in [2.45, 2.75) is 95.8 Å². The van der Waals surface area contributed by atoms with Crippen molar-refractivity contribution in [1.29, 1.82) is 0 Å². The highest BCUT2D eigenvalue weighted by molar-refractivity contribution is 8.77. The Balaban J connectivity index is 0.00000251. The third kappa shape index (κ3) is 33.5. The number of nitrogens with two attached hydrogens (primary N) is 2. The van der Waals surface area contributed by atoms with E-state index >= 15 is 0 Å². The van der Waals surface area contributed by atoms with Gasteiger partial charge in [-0.25, -0.2) is 23.3 Å². The summed E-state index contributed by atoms with van der Waals surface area (Å²) < 4.78 is 139. The number of aromatic nitrogens is 2. The molecule has 0 spiro atoms. The number of nitrogen functional groups attached to an aromatic ring is 1. The zero-order valence-electron chi connectivity index (χ0n) is 54.1. The number of carbonyl (C=O) groups excluding carboxylic acids is 3. The number of anilines is 1. The van der Waals surface area contributed by atoms with Crippen LogP contribution in [0, 0.1) is 18.8 Å². The molecule has 554 valence electrons. The molecule has 6 atom stereocenters. The van der Waals surface area contributed by atoms with Crippen molar-refractivity contribution in [3.8, 4) is 34.3 Å². The van der Waals surface area contributed by atoms with Crippen molar-refractivity contribution in [3.05, 3.63) is 104 Å². The Hall–Kier alpha value is -5.90. The van der Waals surface area contributed by atoms with Crippen molar-refractivity contribution < 1.29 is 124 Å². The largest absolute Gasteiger partial charge is 0.490 e. The second-order valence-corrected chi connectivity index (χ2v) is 32.7. The van der Waals surface area contributed by atoms with E-state index in [1.165, 1.54) is 0 Å². The minimum absolute atomic E-state index is 0.0343. The molecule has 4 unspecified atom stereocenters. The molecule has 0 radical (unpaired) electrons. The summed E-state index contributed by atoms with van der Waals surface area (Å²) in [5, 5.41) is 15.7. The summed E-state index contributed by atoms with van der Waals surface area (Å²) in [6, 6.07) is 16.1. The van der Waals surface area contributed by atoms with Crippen LogP contribution in [-0.4, -0.2) is 173 Å². The number of ether oxygens (including phenoxy) is 6. The summed E-state index contributed by atoms with van der Waals surface area (Å²) in [6.07, 6.45) is 1.22.